The van der Waals surface area contributed by atoms with Crippen LogP contribution in [-0.4, -0.2) is 37.1 Å². The number of aromatic nitrogens is 2. The van der Waals surface area contributed by atoms with Gasteiger partial charge < -0.3 is 19.9 Å². The van der Waals surface area contributed by atoms with Crippen LogP contribution in [0.15, 0.2) is 36.5 Å². The quantitative estimate of drug-likeness (QED) is 0.723. The molecule has 100 valence electrons. The van der Waals surface area contributed by atoms with Crippen LogP contribution in [0.1, 0.15) is 23.2 Å². The molecule has 3 rings (SSSR count). The molecule has 3 atom stereocenters. The molecule has 3 N–H and O–H groups in total. The molecule has 0 spiro atoms. The van der Waals surface area contributed by atoms with Crippen molar-refractivity contribution in [1.29, 1.82) is 0 Å². The van der Waals surface area contributed by atoms with Crippen LogP contribution in [0.4, 0.5) is 0 Å². The van der Waals surface area contributed by atoms with E-state index in [-0.39, 0.29) is 6.54 Å². The summed E-state index contributed by atoms with van der Waals surface area (Å²) in [4.78, 5) is 4.16. The highest BCUT2D eigenvalue weighted by molar-refractivity contribution is 5.23. The molecule has 1 aromatic carbocycles. The van der Waals surface area contributed by atoms with Crippen molar-refractivity contribution in [2.24, 2.45) is 0 Å². The molecule has 0 bridgehead atoms. The number of hydrogen-bond donors (Lipinski definition) is 3. The first kappa shape index (κ1) is 12.3. The lowest BCUT2D eigenvalue weighted by molar-refractivity contribution is -0.0857. The van der Waals surface area contributed by atoms with Gasteiger partial charge in [0.25, 0.3) is 0 Å². The van der Waals surface area contributed by atoms with Crippen molar-refractivity contribution in [1.82, 2.24) is 9.55 Å². The lowest BCUT2D eigenvalue weighted by Gasteiger charge is -2.30. The van der Waals surface area contributed by atoms with Gasteiger partial charge >= 0.3 is 0 Å². The van der Waals surface area contributed by atoms with Crippen molar-refractivity contribution in [3.8, 4) is 0 Å². The van der Waals surface area contributed by atoms with Crippen molar-refractivity contribution in [2.45, 2.75) is 31.3 Å². The van der Waals surface area contributed by atoms with Gasteiger partial charge in [-0.05, 0) is 5.56 Å². The van der Waals surface area contributed by atoms with Crippen molar-refractivity contribution in [3.05, 3.63) is 53.6 Å². The smallest absolute Gasteiger partial charge is 0.140 e. The summed E-state index contributed by atoms with van der Waals surface area (Å²) in [6, 6.07) is 9.93. The second-order valence-corrected chi connectivity index (χ2v) is 4.88. The van der Waals surface area contributed by atoms with Gasteiger partial charge in [-0.25, -0.2) is 4.98 Å². The molecule has 5 nitrogen and oxygen atoms in total. The van der Waals surface area contributed by atoms with Gasteiger partial charge in [0, 0.05) is 18.3 Å². The molecule has 5 heteroatoms. The lowest BCUT2D eigenvalue weighted by atomic mass is 10.0. The van der Waals surface area contributed by atoms with E-state index in [1.165, 1.54) is 0 Å². The average molecular weight is 260 g/mol. The van der Waals surface area contributed by atoms with Crippen LogP contribution in [0.5, 0.6) is 0 Å². The highest BCUT2D eigenvalue weighted by atomic mass is 16.4. The predicted octanol–water partition coefficient (Wildman–Crippen LogP) is 0.243. The van der Waals surface area contributed by atoms with Gasteiger partial charge in [-0.2, -0.15) is 0 Å². The van der Waals surface area contributed by atoms with Gasteiger partial charge in [-0.1, -0.05) is 30.3 Å². The summed E-state index contributed by atoms with van der Waals surface area (Å²) in [5.41, 5.74) is 2.06. The lowest BCUT2D eigenvalue weighted by Crippen LogP contribution is -2.41. The van der Waals surface area contributed by atoms with Gasteiger partial charge in [-0.3, -0.25) is 0 Å². The van der Waals surface area contributed by atoms with E-state index in [0.29, 0.717) is 12.2 Å². The maximum atomic E-state index is 9.89. The van der Waals surface area contributed by atoms with Crippen LogP contribution in [-0.2, 0) is 13.0 Å². The van der Waals surface area contributed by atoms with Crippen molar-refractivity contribution >= 4 is 0 Å². The standard InChI is InChI=1S/C14H16N2O3/c17-11-8-16-10(6-9-4-2-1-3-5-9)7-15-14(16)13(19)12(11)18/h1-5,7,11-13,17-19H,6,8H2/t11-,12-,13+/m0/s1. The summed E-state index contributed by atoms with van der Waals surface area (Å²) in [6.07, 6.45) is -0.890. The summed E-state index contributed by atoms with van der Waals surface area (Å²) in [7, 11) is 0. The number of imidazole rings is 1. The zero-order chi connectivity index (χ0) is 13.4. The van der Waals surface area contributed by atoms with Gasteiger partial charge in [-0.15, -0.1) is 0 Å². The molecule has 0 aliphatic carbocycles. The number of hydrogen-bond acceptors (Lipinski definition) is 4. The second kappa shape index (κ2) is 4.77. The van der Waals surface area contributed by atoms with E-state index in [1.807, 2.05) is 30.3 Å². The molecule has 0 saturated heterocycles. The van der Waals surface area contributed by atoms with Gasteiger partial charge in [0.05, 0.1) is 6.54 Å². The average Bonchev–Trinajstić information content (AvgIpc) is 2.81. The first-order chi connectivity index (χ1) is 9.16. The molecule has 0 saturated carbocycles. The predicted molar refractivity (Wildman–Crippen MR) is 68.4 cm³/mol. The number of nitrogens with zero attached hydrogens (tertiary/aromatic N) is 2. The van der Waals surface area contributed by atoms with E-state index in [4.69, 9.17) is 0 Å². The van der Waals surface area contributed by atoms with Crippen LogP contribution >= 0.6 is 0 Å². The van der Waals surface area contributed by atoms with E-state index in [0.717, 1.165) is 11.3 Å². The number of benzene rings is 1. The highest BCUT2D eigenvalue weighted by Gasteiger charge is 2.35. The Morgan fingerprint density at radius 2 is 1.89 bits per heavy atom. The molecule has 0 amide bonds. The molecule has 1 aliphatic rings. The van der Waals surface area contributed by atoms with Crippen LogP contribution in [0.25, 0.3) is 0 Å². The third kappa shape index (κ3) is 2.16. The number of fused-ring (bicyclic) bond motifs is 1. The summed E-state index contributed by atoms with van der Waals surface area (Å²) in [5.74, 6) is 0.420. The molecule has 1 aromatic heterocycles. The Balaban J connectivity index is 1.92. The van der Waals surface area contributed by atoms with E-state index in [1.54, 1.807) is 10.8 Å². The van der Waals surface area contributed by atoms with Crippen LogP contribution in [0, 0.1) is 0 Å². The van der Waals surface area contributed by atoms with Crippen molar-refractivity contribution in [2.75, 3.05) is 0 Å². The summed E-state index contributed by atoms with van der Waals surface area (Å²) >= 11 is 0. The van der Waals surface area contributed by atoms with Crippen LogP contribution in [0.3, 0.4) is 0 Å². The molecular formula is C14H16N2O3. The normalized spacial score (nSPS) is 26.2. The molecular weight excluding hydrogens is 244 g/mol. The fraction of sp³-hybridized carbons (Fsp3) is 0.357. The summed E-state index contributed by atoms with van der Waals surface area (Å²) < 4.78 is 1.79. The molecule has 1 aliphatic heterocycles. The number of aliphatic hydroxyl groups excluding tert-OH is 3. The Kier molecular flexibility index (Phi) is 3.10. The molecule has 2 heterocycles. The Bertz CT molecular complexity index is 567. The molecule has 2 aromatic rings. The third-order valence-corrected chi connectivity index (χ3v) is 3.55. The molecule has 0 fully saturated rings. The maximum Gasteiger partial charge on any atom is 0.140 e. The minimum absolute atomic E-state index is 0.260. The van der Waals surface area contributed by atoms with Gasteiger partial charge in [0.15, 0.2) is 0 Å². The van der Waals surface area contributed by atoms with E-state index in [2.05, 4.69) is 4.98 Å². The van der Waals surface area contributed by atoms with Gasteiger partial charge in [0.1, 0.15) is 24.1 Å². The largest absolute Gasteiger partial charge is 0.388 e. The molecule has 0 radical (unpaired) electrons. The topological polar surface area (TPSA) is 78.5 Å². The third-order valence-electron chi connectivity index (χ3n) is 3.55. The zero-order valence-corrected chi connectivity index (χ0v) is 10.3. The van der Waals surface area contributed by atoms with E-state index in [9.17, 15) is 15.3 Å². The first-order valence-corrected chi connectivity index (χ1v) is 6.29. The Morgan fingerprint density at radius 3 is 2.63 bits per heavy atom. The molecule has 19 heavy (non-hydrogen) atoms. The summed E-state index contributed by atoms with van der Waals surface area (Å²) in [5, 5.41) is 29.3. The Hall–Kier alpha value is -1.69. The molecule has 0 unspecified atom stereocenters. The van der Waals surface area contributed by atoms with Crippen LogP contribution in [0.2, 0.25) is 0 Å². The van der Waals surface area contributed by atoms with E-state index < -0.39 is 18.3 Å². The minimum atomic E-state index is -1.17. The minimum Gasteiger partial charge on any atom is -0.388 e. The summed E-state index contributed by atoms with van der Waals surface area (Å²) in [6.45, 7) is 0.260. The number of rotatable bonds is 2. The van der Waals surface area contributed by atoms with Crippen molar-refractivity contribution in [3.63, 3.8) is 0 Å². The SMILES string of the molecule is O[C@H]1[C@@H](O)Cn2c(Cc3ccccc3)cnc2[C@@H]1O. The van der Waals surface area contributed by atoms with Crippen molar-refractivity contribution < 1.29 is 15.3 Å². The van der Waals surface area contributed by atoms with Gasteiger partial charge in [0.2, 0.25) is 0 Å². The Labute approximate surface area is 110 Å². The number of aliphatic hydroxyl groups is 3. The first-order valence-electron chi connectivity index (χ1n) is 6.29. The highest BCUT2D eigenvalue weighted by Crippen LogP contribution is 2.26. The Morgan fingerprint density at radius 1 is 1.16 bits per heavy atom. The fourth-order valence-electron chi connectivity index (χ4n) is 2.48. The monoisotopic (exact) mass is 260 g/mol. The second-order valence-electron chi connectivity index (χ2n) is 4.88. The van der Waals surface area contributed by atoms with E-state index >= 15 is 0 Å². The van der Waals surface area contributed by atoms with Crippen LogP contribution < -0.4 is 0 Å². The fourth-order valence-corrected chi connectivity index (χ4v) is 2.48. The maximum absolute atomic E-state index is 9.89. The zero-order valence-electron chi connectivity index (χ0n) is 10.3.